The lowest BCUT2D eigenvalue weighted by Crippen LogP contribution is -2.20. The van der Waals surface area contributed by atoms with Crippen LogP contribution in [0.15, 0.2) is 36.3 Å². The van der Waals surface area contributed by atoms with Crippen molar-refractivity contribution in [2.24, 2.45) is 0 Å². The number of aromatic hydroxyl groups is 1. The molecule has 0 spiro atoms. The molecule has 3 N–H and O–H groups in total. The molecular formula is C20H20F5N3O. The van der Waals surface area contributed by atoms with E-state index in [1.807, 2.05) is 6.92 Å². The molecule has 29 heavy (non-hydrogen) atoms. The first kappa shape index (κ1) is 20.9. The van der Waals surface area contributed by atoms with Crippen molar-refractivity contribution in [3.63, 3.8) is 0 Å². The highest BCUT2D eigenvalue weighted by Crippen LogP contribution is 2.37. The van der Waals surface area contributed by atoms with E-state index in [4.69, 9.17) is 0 Å². The first-order chi connectivity index (χ1) is 13.6. The Kier molecular flexibility index (Phi) is 5.68. The van der Waals surface area contributed by atoms with E-state index in [0.29, 0.717) is 12.3 Å². The molecule has 2 unspecified atom stereocenters. The summed E-state index contributed by atoms with van der Waals surface area (Å²) in [7, 11) is 0. The molecule has 1 aromatic carbocycles. The Hall–Kier alpha value is -2.84. The van der Waals surface area contributed by atoms with Crippen LogP contribution >= 0.6 is 0 Å². The van der Waals surface area contributed by atoms with Crippen molar-refractivity contribution in [2.45, 2.75) is 44.9 Å². The van der Waals surface area contributed by atoms with Gasteiger partial charge in [0.25, 0.3) is 0 Å². The number of hydrogen-bond acceptors (Lipinski definition) is 4. The maximum absolute atomic E-state index is 14.7. The van der Waals surface area contributed by atoms with Gasteiger partial charge >= 0.3 is 6.18 Å². The smallest absolute Gasteiger partial charge is 0.433 e. The summed E-state index contributed by atoms with van der Waals surface area (Å²) in [6, 6.07) is 1.92. The summed E-state index contributed by atoms with van der Waals surface area (Å²) in [5, 5.41) is 16.1. The van der Waals surface area contributed by atoms with Gasteiger partial charge in [0.05, 0.1) is 12.2 Å². The summed E-state index contributed by atoms with van der Waals surface area (Å²) < 4.78 is 68.0. The Bertz CT molecular complexity index is 942. The molecule has 2 heterocycles. The van der Waals surface area contributed by atoms with Gasteiger partial charge in [-0.1, -0.05) is 6.92 Å². The second-order valence-corrected chi connectivity index (χ2v) is 6.95. The van der Waals surface area contributed by atoms with Gasteiger partial charge in [-0.2, -0.15) is 13.2 Å². The second kappa shape index (κ2) is 7.88. The van der Waals surface area contributed by atoms with E-state index in [1.54, 1.807) is 13.1 Å². The molecule has 0 aliphatic carbocycles. The Morgan fingerprint density at radius 2 is 1.93 bits per heavy atom. The van der Waals surface area contributed by atoms with Crippen molar-refractivity contribution in [3.8, 4) is 16.9 Å². The van der Waals surface area contributed by atoms with Crippen molar-refractivity contribution >= 4 is 0 Å². The largest absolute Gasteiger partial charge is 0.506 e. The zero-order chi connectivity index (χ0) is 21.3. The Labute approximate surface area is 164 Å². The minimum Gasteiger partial charge on any atom is -0.506 e. The van der Waals surface area contributed by atoms with Crippen molar-refractivity contribution < 1.29 is 27.1 Å². The molecule has 2 atom stereocenters. The van der Waals surface area contributed by atoms with Crippen LogP contribution in [0, 0.1) is 11.6 Å². The van der Waals surface area contributed by atoms with Crippen molar-refractivity contribution in [3.05, 3.63) is 59.2 Å². The molecule has 1 aliphatic heterocycles. The van der Waals surface area contributed by atoms with Crippen LogP contribution in [0.3, 0.4) is 0 Å². The molecular weight excluding hydrogens is 393 g/mol. The van der Waals surface area contributed by atoms with E-state index in [1.165, 1.54) is 0 Å². The predicted octanol–water partition coefficient (Wildman–Crippen LogP) is 5.02. The van der Waals surface area contributed by atoms with E-state index in [9.17, 15) is 27.1 Å². The third-order valence-corrected chi connectivity index (χ3v) is 4.87. The van der Waals surface area contributed by atoms with Crippen molar-refractivity contribution in [1.29, 1.82) is 0 Å². The SMILES string of the molecule is CCC1CC(NC(C)c2cc(F)c(-c3cc(C(F)(F)F)ncc3O)cc2F)=CN1. The topological polar surface area (TPSA) is 57.2 Å². The average Bonchev–Trinajstić information content (AvgIpc) is 3.10. The number of aromatic nitrogens is 1. The second-order valence-electron chi connectivity index (χ2n) is 6.95. The van der Waals surface area contributed by atoms with Crippen LogP contribution in [0.25, 0.3) is 11.1 Å². The number of hydrogen-bond donors (Lipinski definition) is 3. The summed E-state index contributed by atoms with van der Waals surface area (Å²) >= 11 is 0. The van der Waals surface area contributed by atoms with E-state index >= 15 is 0 Å². The van der Waals surface area contributed by atoms with Gasteiger partial charge in [-0.05, 0) is 31.5 Å². The quantitative estimate of drug-likeness (QED) is 0.603. The van der Waals surface area contributed by atoms with Crippen LogP contribution < -0.4 is 10.6 Å². The van der Waals surface area contributed by atoms with Crippen molar-refractivity contribution in [2.75, 3.05) is 0 Å². The number of pyridine rings is 1. The third-order valence-electron chi connectivity index (χ3n) is 4.87. The van der Waals surface area contributed by atoms with E-state index in [2.05, 4.69) is 15.6 Å². The molecule has 0 bridgehead atoms. The highest BCUT2D eigenvalue weighted by Gasteiger charge is 2.33. The third kappa shape index (κ3) is 4.44. The first-order valence-electron chi connectivity index (χ1n) is 9.07. The zero-order valence-electron chi connectivity index (χ0n) is 15.7. The molecule has 0 saturated carbocycles. The van der Waals surface area contributed by atoms with Gasteiger partial charge < -0.3 is 15.7 Å². The highest BCUT2D eigenvalue weighted by molar-refractivity contribution is 5.71. The van der Waals surface area contributed by atoms with Gasteiger partial charge in [0.1, 0.15) is 23.1 Å². The normalized spacial score (nSPS) is 17.6. The number of nitrogens with one attached hydrogen (secondary N) is 2. The monoisotopic (exact) mass is 413 g/mol. The van der Waals surface area contributed by atoms with Gasteiger partial charge in [-0.3, -0.25) is 0 Å². The van der Waals surface area contributed by atoms with Crippen molar-refractivity contribution in [1.82, 2.24) is 15.6 Å². The van der Waals surface area contributed by atoms with Gasteiger partial charge in [-0.15, -0.1) is 0 Å². The summed E-state index contributed by atoms with van der Waals surface area (Å²) in [5.41, 5.74) is -1.39. The molecule has 156 valence electrons. The van der Waals surface area contributed by atoms with Crippen LogP contribution in [0.4, 0.5) is 22.0 Å². The zero-order valence-corrected chi connectivity index (χ0v) is 15.7. The van der Waals surface area contributed by atoms with Gasteiger partial charge in [0, 0.05) is 41.1 Å². The first-order valence-corrected chi connectivity index (χ1v) is 9.07. The van der Waals surface area contributed by atoms with Crippen LogP contribution in [0.1, 0.15) is 44.0 Å². The van der Waals surface area contributed by atoms with Crippen LogP contribution in [-0.4, -0.2) is 16.1 Å². The van der Waals surface area contributed by atoms with Crippen LogP contribution in [0.2, 0.25) is 0 Å². The number of alkyl halides is 3. The molecule has 0 saturated heterocycles. The molecule has 9 heteroatoms. The fourth-order valence-electron chi connectivity index (χ4n) is 3.24. The van der Waals surface area contributed by atoms with E-state index < -0.39 is 46.4 Å². The molecule has 0 amide bonds. The van der Waals surface area contributed by atoms with Gasteiger partial charge in [0.2, 0.25) is 0 Å². The predicted molar refractivity (Wildman–Crippen MR) is 97.7 cm³/mol. The van der Waals surface area contributed by atoms with Crippen LogP contribution in [-0.2, 0) is 6.18 Å². The van der Waals surface area contributed by atoms with Crippen LogP contribution in [0.5, 0.6) is 5.75 Å². The lowest BCUT2D eigenvalue weighted by molar-refractivity contribution is -0.141. The molecule has 4 nitrogen and oxygen atoms in total. The minimum atomic E-state index is -4.78. The number of halogens is 5. The molecule has 0 radical (unpaired) electrons. The molecule has 3 rings (SSSR count). The highest BCUT2D eigenvalue weighted by atomic mass is 19.4. The molecule has 1 aromatic heterocycles. The average molecular weight is 413 g/mol. The minimum absolute atomic E-state index is 0.0247. The maximum Gasteiger partial charge on any atom is 0.433 e. The number of benzene rings is 1. The standard InChI is InChI=1S/C20H20F5N3O/c1-3-11-4-12(8-26-11)28-10(2)13-5-17(22)14(6-16(13)21)15-7-19(20(23,24)25)27-9-18(15)29/h5-11,26,28-29H,3-4H2,1-2H3. The van der Waals surface area contributed by atoms with E-state index in [-0.39, 0.29) is 11.6 Å². The number of rotatable bonds is 5. The maximum atomic E-state index is 14.7. The lowest BCUT2D eigenvalue weighted by Gasteiger charge is -2.19. The molecule has 1 aliphatic rings. The molecule has 2 aromatic rings. The summed E-state index contributed by atoms with van der Waals surface area (Å²) in [4.78, 5) is 3.09. The van der Waals surface area contributed by atoms with Gasteiger partial charge in [0.15, 0.2) is 0 Å². The Morgan fingerprint density at radius 1 is 1.21 bits per heavy atom. The fraction of sp³-hybridized carbons (Fsp3) is 0.350. The Morgan fingerprint density at radius 3 is 2.55 bits per heavy atom. The Balaban J connectivity index is 1.90. The molecule has 0 fully saturated rings. The lowest BCUT2D eigenvalue weighted by atomic mass is 9.99. The summed E-state index contributed by atoms with van der Waals surface area (Å²) in [6.45, 7) is 3.69. The summed E-state index contributed by atoms with van der Waals surface area (Å²) in [5.74, 6) is -2.43. The summed E-state index contributed by atoms with van der Waals surface area (Å²) in [6.07, 6.45) is -0.773. The van der Waals surface area contributed by atoms with E-state index in [0.717, 1.165) is 30.7 Å². The van der Waals surface area contributed by atoms with Gasteiger partial charge in [-0.25, -0.2) is 13.8 Å². The fourth-order valence-corrected chi connectivity index (χ4v) is 3.24. The number of nitrogens with zero attached hydrogens (tertiary/aromatic N) is 1.